The van der Waals surface area contributed by atoms with Crippen molar-refractivity contribution >= 4 is 21.6 Å². The van der Waals surface area contributed by atoms with E-state index in [9.17, 15) is 13.5 Å². The second-order valence-corrected chi connectivity index (χ2v) is 6.32. The van der Waals surface area contributed by atoms with Gasteiger partial charge in [0, 0.05) is 7.05 Å². The number of nitrogens with one attached hydrogen (secondary N) is 1. The molecule has 8 heteroatoms. The molecule has 1 heterocycles. The lowest BCUT2D eigenvalue weighted by Crippen LogP contribution is -2.56. The highest BCUT2D eigenvalue weighted by Gasteiger charge is 2.41. The minimum absolute atomic E-state index is 0.0705. The van der Waals surface area contributed by atoms with Crippen molar-refractivity contribution in [2.24, 2.45) is 7.05 Å². The summed E-state index contributed by atoms with van der Waals surface area (Å²) in [6, 6.07) is 0. The lowest BCUT2D eigenvalue weighted by atomic mass is 9.78. The van der Waals surface area contributed by atoms with Crippen LogP contribution in [0.4, 0.5) is 0 Å². The summed E-state index contributed by atoms with van der Waals surface area (Å²) in [6.45, 7) is -0.207. The first-order chi connectivity index (χ1) is 7.90. The van der Waals surface area contributed by atoms with E-state index < -0.39 is 15.6 Å². The molecule has 0 amide bonds. The normalized spacial score (nSPS) is 19.0. The quantitative estimate of drug-likeness (QED) is 0.828. The third kappa shape index (κ3) is 2.20. The Kier molecular flexibility index (Phi) is 3.19. The first kappa shape index (κ1) is 12.8. The number of rotatable bonds is 4. The Balaban J connectivity index is 2.31. The van der Waals surface area contributed by atoms with Crippen molar-refractivity contribution in [1.29, 1.82) is 0 Å². The Morgan fingerprint density at radius 3 is 2.65 bits per heavy atom. The van der Waals surface area contributed by atoms with Gasteiger partial charge in [-0.15, -0.1) is 0 Å². The molecule has 0 aromatic carbocycles. The summed E-state index contributed by atoms with van der Waals surface area (Å²) < 4.78 is 28.0. The first-order valence-electron chi connectivity index (χ1n) is 5.23. The average Bonchev–Trinajstić information content (AvgIpc) is 2.53. The average molecular weight is 280 g/mol. The van der Waals surface area contributed by atoms with Crippen molar-refractivity contribution in [2.45, 2.75) is 29.8 Å². The van der Waals surface area contributed by atoms with Crippen molar-refractivity contribution in [1.82, 2.24) is 14.5 Å². The summed E-state index contributed by atoms with van der Waals surface area (Å²) in [6.07, 6.45) is 3.46. The van der Waals surface area contributed by atoms with E-state index in [2.05, 4.69) is 9.82 Å². The van der Waals surface area contributed by atoms with Crippen LogP contribution >= 0.6 is 11.6 Å². The molecule has 96 valence electrons. The van der Waals surface area contributed by atoms with Crippen LogP contribution in [-0.2, 0) is 17.1 Å². The fourth-order valence-corrected chi connectivity index (χ4v) is 4.04. The van der Waals surface area contributed by atoms with E-state index in [4.69, 9.17) is 11.6 Å². The first-order valence-corrected chi connectivity index (χ1v) is 7.09. The number of aryl methyl sites for hydroxylation is 1. The number of aliphatic hydroxyl groups excluding tert-OH is 1. The van der Waals surface area contributed by atoms with Crippen LogP contribution in [0.3, 0.4) is 0 Å². The molecule has 0 atom stereocenters. The number of hydrogen-bond donors (Lipinski definition) is 2. The lowest BCUT2D eigenvalue weighted by Gasteiger charge is -2.40. The lowest BCUT2D eigenvalue weighted by molar-refractivity contribution is 0.110. The molecule has 1 aromatic rings. The van der Waals surface area contributed by atoms with Gasteiger partial charge >= 0.3 is 0 Å². The second-order valence-electron chi connectivity index (χ2n) is 4.32. The van der Waals surface area contributed by atoms with Crippen molar-refractivity contribution in [3.8, 4) is 0 Å². The summed E-state index contributed by atoms with van der Waals surface area (Å²) in [5, 5.41) is 13.0. The topological polar surface area (TPSA) is 84.2 Å². The van der Waals surface area contributed by atoms with Crippen LogP contribution in [0.25, 0.3) is 0 Å². The molecule has 0 aliphatic heterocycles. The predicted octanol–water partition coefficient (Wildman–Crippen LogP) is 0.267. The highest BCUT2D eigenvalue weighted by molar-refractivity contribution is 7.89. The fraction of sp³-hybridized carbons (Fsp3) is 0.667. The molecule has 0 spiro atoms. The van der Waals surface area contributed by atoms with Gasteiger partial charge in [-0.05, 0) is 19.3 Å². The zero-order valence-electron chi connectivity index (χ0n) is 9.35. The van der Waals surface area contributed by atoms with Gasteiger partial charge in [0.25, 0.3) is 10.0 Å². The summed E-state index contributed by atoms with van der Waals surface area (Å²) in [4.78, 5) is 0. The van der Waals surface area contributed by atoms with E-state index in [1.807, 2.05) is 0 Å². The Morgan fingerprint density at radius 2 is 2.29 bits per heavy atom. The molecule has 0 bridgehead atoms. The molecule has 1 aliphatic carbocycles. The minimum Gasteiger partial charge on any atom is -0.394 e. The molecule has 1 aromatic heterocycles. The van der Waals surface area contributed by atoms with Gasteiger partial charge in [0.1, 0.15) is 0 Å². The highest BCUT2D eigenvalue weighted by Crippen LogP contribution is 2.33. The number of aromatic nitrogens is 2. The largest absolute Gasteiger partial charge is 0.394 e. The van der Waals surface area contributed by atoms with Crippen LogP contribution in [0.1, 0.15) is 19.3 Å². The molecule has 6 nitrogen and oxygen atoms in total. The van der Waals surface area contributed by atoms with E-state index >= 15 is 0 Å². The summed E-state index contributed by atoms with van der Waals surface area (Å²) in [7, 11) is -2.24. The summed E-state index contributed by atoms with van der Waals surface area (Å²) >= 11 is 5.80. The van der Waals surface area contributed by atoms with E-state index in [1.54, 1.807) is 0 Å². The molecule has 0 saturated heterocycles. The highest BCUT2D eigenvalue weighted by atomic mass is 35.5. The zero-order chi connectivity index (χ0) is 12.7. The number of hydrogen-bond acceptors (Lipinski definition) is 4. The molecule has 2 N–H and O–H groups in total. The monoisotopic (exact) mass is 279 g/mol. The van der Waals surface area contributed by atoms with Crippen LogP contribution in [-0.4, -0.2) is 35.5 Å². The molecule has 1 aliphatic rings. The molecular weight excluding hydrogens is 266 g/mol. The number of aliphatic hydroxyl groups is 1. The molecule has 0 radical (unpaired) electrons. The smallest absolute Gasteiger partial charge is 0.259 e. The van der Waals surface area contributed by atoms with Crippen molar-refractivity contribution in [2.75, 3.05) is 6.61 Å². The Morgan fingerprint density at radius 1 is 1.65 bits per heavy atom. The maximum atomic E-state index is 12.1. The van der Waals surface area contributed by atoms with Crippen molar-refractivity contribution < 1.29 is 13.5 Å². The minimum atomic E-state index is -3.75. The van der Waals surface area contributed by atoms with Gasteiger partial charge in [-0.2, -0.15) is 5.10 Å². The Bertz CT molecular complexity index is 497. The third-order valence-electron chi connectivity index (χ3n) is 3.06. The van der Waals surface area contributed by atoms with E-state index in [0.717, 1.165) is 6.42 Å². The van der Waals surface area contributed by atoms with Gasteiger partial charge in [-0.25, -0.2) is 13.1 Å². The van der Waals surface area contributed by atoms with Gasteiger partial charge in [-0.3, -0.25) is 4.68 Å². The second kappa shape index (κ2) is 4.24. The van der Waals surface area contributed by atoms with E-state index in [-0.39, 0.29) is 16.7 Å². The van der Waals surface area contributed by atoms with Crippen LogP contribution in [0.15, 0.2) is 11.2 Å². The van der Waals surface area contributed by atoms with Crippen molar-refractivity contribution in [3.05, 3.63) is 11.2 Å². The Hall–Kier alpha value is -0.630. The number of nitrogens with zero attached hydrogens (tertiary/aromatic N) is 2. The van der Waals surface area contributed by atoms with Gasteiger partial charge in [0.15, 0.2) is 5.03 Å². The number of halogens is 1. The van der Waals surface area contributed by atoms with E-state index in [0.29, 0.717) is 12.8 Å². The fourth-order valence-electron chi connectivity index (χ4n) is 1.93. The van der Waals surface area contributed by atoms with Gasteiger partial charge in [0.2, 0.25) is 0 Å². The Labute approximate surface area is 105 Å². The van der Waals surface area contributed by atoms with Crippen molar-refractivity contribution in [3.63, 3.8) is 0 Å². The summed E-state index contributed by atoms with van der Waals surface area (Å²) in [5.41, 5.74) is -0.730. The van der Waals surface area contributed by atoms with Gasteiger partial charge < -0.3 is 5.11 Å². The SMILES string of the molecule is Cn1ncc(Cl)c1S(=O)(=O)NC1(CO)CCC1. The van der Waals surface area contributed by atoms with Crippen LogP contribution in [0.2, 0.25) is 5.02 Å². The predicted molar refractivity (Wildman–Crippen MR) is 62.2 cm³/mol. The molecule has 17 heavy (non-hydrogen) atoms. The van der Waals surface area contributed by atoms with Crippen LogP contribution in [0, 0.1) is 0 Å². The van der Waals surface area contributed by atoms with E-state index in [1.165, 1.54) is 17.9 Å². The molecule has 1 fully saturated rings. The molecule has 1 saturated carbocycles. The molecule has 0 unspecified atom stereocenters. The standard InChI is InChI=1S/C9H14ClN3O3S/c1-13-8(7(10)5-11-13)17(15,16)12-9(6-14)3-2-4-9/h5,12,14H,2-4,6H2,1H3. The van der Waals surface area contributed by atoms with Gasteiger partial charge in [-0.1, -0.05) is 11.6 Å². The van der Waals surface area contributed by atoms with Gasteiger partial charge in [0.05, 0.1) is 23.4 Å². The maximum Gasteiger partial charge on any atom is 0.259 e. The van der Waals surface area contributed by atoms with Crippen LogP contribution in [0.5, 0.6) is 0 Å². The molecular formula is C9H14ClN3O3S. The number of sulfonamides is 1. The maximum absolute atomic E-state index is 12.1. The third-order valence-corrected chi connectivity index (χ3v) is 5.14. The molecule has 2 rings (SSSR count). The summed E-state index contributed by atoms with van der Waals surface area (Å²) in [5.74, 6) is 0. The zero-order valence-corrected chi connectivity index (χ0v) is 10.9. The van der Waals surface area contributed by atoms with Crippen LogP contribution < -0.4 is 4.72 Å².